The van der Waals surface area contributed by atoms with Crippen molar-refractivity contribution in [2.24, 2.45) is 0 Å². The van der Waals surface area contributed by atoms with Crippen molar-refractivity contribution in [3.63, 3.8) is 0 Å². The molecule has 1 amide bonds. The van der Waals surface area contributed by atoms with Crippen LogP contribution in [0.15, 0.2) is 42.5 Å². The third-order valence-corrected chi connectivity index (χ3v) is 4.15. The van der Waals surface area contributed by atoms with Crippen LogP contribution in [0.4, 0.5) is 5.69 Å². The molecule has 0 bridgehead atoms. The molecule has 27 heavy (non-hydrogen) atoms. The third-order valence-electron chi connectivity index (χ3n) is 4.15. The second kappa shape index (κ2) is 7.70. The highest BCUT2D eigenvalue weighted by atomic mass is 16.6. The van der Waals surface area contributed by atoms with Crippen LogP contribution in [0.2, 0.25) is 0 Å². The van der Waals surface area contributed by atoms with Crippen LogP contribution in [0.3, 0.4) is 0 Å². The molecule has 1 aliphatic rings. The van der Waals surface area contributed by atoms with Gasteiger partial charge in [-0.25, -0.2) is 4.79 Å². The highest BCUT2D eigenvalue weighted by molar-refractivity contribution is 5.95. The molecule has 1 N–H and O–H groups in total. The molecular weight excluding hydrogens is 346 g/mol. The molecule has 0 saturated carbocycles. The number of fused-ring (bicyclic) bond motifs is 1. The number of hydrogen-bond acceptors (Lipinski definition) is 5. The number of nitrogens with one attached hydrogen (secondary N) is 1. The zero-order valence-corrected chi connectivity index (χ0v) is 15.7. The van der Waals surface area contributed by atoms with E-state index in [1.54, 1.807) is 30.3 Å². The average molecular weight is 369 g/mol. The first-order chi connectivity index (χ1) is 12.8. The minimum Gasteiger partial charge on any atom is -0.486 e. The number of rotatable bonds is 4. The van der Waals surface area contributed by atoms with Crippen molar-refractivity contribution in [2.45, 2.75) is 26.2 Å². The Morgan fingerprint density at radius 1 is 1.00 bits per heavy atom. The van der Waals surface area contributed by atoms with Crippen LogP contribution < -0.4 is 14.8 Å². The summed E-state index contributed by atoms with van der Waals surface area (Å²) in [7, 11) is 0. The SMILES string of the molecule is CC(C)(C)c1ccc(C(=O)OCC(=O)Nc2ccc3c(c2)OCCO3)cc1. The number of ether oxygens (including phenoxy) is 3. The highest BCUT2D eigenvalue weighted by Gasteiger charge is 2.16. The maximum Gasteiger partial charge on any atom is 0.338 e. The normalized spacial score (nSPS) is 13.0. The Balaban J connectivity index is 1.53. The summed E-state index contributed by atoms with van der Waals surface area (Å²) >= 11 is 0. The molecule has 0 saturated heterocycles. The fourth-order valence-electron chi connectivity index (χ4n) is 2.64. The van der Waals surface area contributed by atoms with E-state index in [1.165, 1.54) is 0 Å². The Hall–Kier alpha value is -3.02. The second-order valence-corrected chi connectivity index (χ2v) is 7.31. The number of esters is 1. The van der Waals surface area contributed by atoms with Crippen LogP contribution in [0.25, 0.3) is 0 Å². The first-order valence-electron chi connectivity index (χ1n) is 8.80. The van der Waals surface area contributed by atoms with E-state index >= 15 is 0 Å². The Bertz CT molecular complexity index is 837. The monoisotopic (exact) mass is 369 g/mol. The van der Waals surface area contributed by atoms with E-state index < -0.39 is 11.9 Å². The molecule has 0 radical (unpaired) electrons. The van der Waals surface area contributed by atoms with Crippen LogP contribution in [-0.4, -0.2) is 31.7 Å². The fourth-order valence-corrected chi connectivity index (χ4v) is 2.64. The summed E-state index contributed by atoms with van der Waals surface area (Å²) in [5, 5.41) is 2.68. The number of benzene rings is 2. The lowest BCUT2D eigenvalue weighted by atomic mass is 9.87. The van der Waals surface area contributed by atoms with Crippen molar-refractivity contribution in [1.82, 2.24) is 0 Å². The molecule has 6 heteroatoms. The van der Waals surface area contributed by atoms with Crippen LogP contribution in [0, 0.1) is 0 Å². The van der Waals surface area contributed by atoms with Crippen molar-refractivity contribution in [1.29, 1.82) is 0 Å². The van der Waals surface area contributed by atoms with E-state index in [1.807, 2.05) is 12.1 Å². The molecule has 0 atom stereocenters. The molecule has 0 aromatic heterocycles. The molecule has 3 rings (SSSR count). The van der Waals surface area contributed by atoms with Gasteiger partial charge < -0.3 is 19.5 Å². The topological polar surface area (TPSA) is 73.9 Å². The summed E-state index contributed by atoms with van der Waals surface area (Å²) in [6.45, 7) is 6.91. The summed E-state index contributed by atoms with van der Waals surface area (Å²) in [4.78, 5) is 24.2. The highest BCUT2D eigenvalue weighted by Crippen LogP contribution is 2.32. The van der Waals surface area contributed by atoms with Crippen LogP contribution in [0.5, 0.6) is 11.5 Å². The number of amides is 1. The van der Waals surface area contributed by atoms with Gasteiger partial charge in [0.2, 0.25) is 0 Å². The van der Waals surface area contributed by atoms with Crippen molar-refractivity contribution in [3.05, 3.63) is 53.6 Å². The van der Waals surface area contributed by atoms with E-state index in [9.17, 15) is 9.59 Å². The Morgan fingerprint density at radius 2 is 1.67 bits per heavy atom. The maximum absolute atomic E-state index is 12.1. The van der Waals surface area contributed by atoms with Crippen LogP contribution in [-0.2, 0) is 14.9 Å². The Morgan fingerprint density at radius 3 is 2.33 bits per heavy atom. The predicted molar refractivity (Wildman–Crippen MR) is 101 cm³/mol. The van der Waals surface area contributed by atoms with E-state index in [0.717, 1.165) is 5.56 Å². The van der Waals surface area contributed by atoms with Gasteiger partial charge in [-0.3, -0.25) is 4.79 Å². The van der Waals surface area contributed by atoms with Crippen molar-refractivity contribution in [2.75, 3.05) is 25.1 Å². The standard InChI is InChI=1S/C21H23NO5/c1-21(2,3)15-6-4-14(5-7-15)20(24)27-13-19(23)22-16-8-9-17-18(12-16)26-11-10-25-17/h4-9,12H,10-11,13H2,1-3H3,(H,22,23). The smallest absolute Gasteiger partial charge is 0.338 e. The number of carbonyl (C=O) groups is 2. The summed E-state index contributed by atoms with van der Waals surface area (Å²) in [6.07, 6.45) is 0. The molecule has 2 aromatic rings. The van der Waals surface area contributed by atoms with Gasteiger partial charge in [0.25, 0.3) is 5.91 Å². The van der Waals surface area contributed by atoms with Crippen LogP contribution >= 0.6 is 0 Å². The zero-order valence-electron chi connectivity index (χ0n) is 15.7. The van der Waals surface area contributed by atoms with Crippen LogP contribution in [0.1, 0.15) is 36.7 Å². The molecule has 0 aliphatic carbocycles. The van der Waals surface area contributed by atoms with E-state index in [0.29, 0.717) is 36.0 Å². The van der Waals surface area contributed by atoms with Gasteiger partial charge in [-0.15, -0.1) is 0 Å². The van der Waals surface area contributed by atoms with Gasteiger partial charge in [-0.05, 0) is 35.2 Å². The number of carbonyl (C=O) groups excluding carboxylic acids is 2. The molecule has 142 valence electrons. The molecular formula is C21H23NO5. The van der Waals surface area contributed by atoms with Gasteiger partial charge in [0.15, 0.2) is 18.1 Å². The fraction of sp³-hybridized carbons (Fsp3) is 0.333. The third kappa shape index (κ3) is 4.78. The molecule has 1 aliphatic heterocycles. The summed E-state index contributed by atoms with van der Waals surface area (Å²) < 4.78 is 16.0. The van der Waals surface area contributed by atoms with Gasteiger partial charge in [0.05, 0.1) is 5.56 Å². The molecule has 1 heterocycles. The lowest BCUT2D eigenvalue weighted by Gasteiger charge is -2.19. The quantitative estimate of drug-likeness (QED) is 0.835. The number of anilines is 1. The lowest BCUT2D eigenvalue weighted by Crippen LogP contribution is -2.21. The van der Waals surface area contributed by atoms with Crippen molar-refractivity contribution >= 4 is 17.6 Å². The zero-order chi connectivity index (χ0) is 19.4. The summed E-state index contributed by atoms with van der Waals surface area (Å²) in [5.74, 6) is 0.262. The molecule has 0 fully saturated rings. The predicted octanol–water partition coefficient (Wildman–Crippen LogP) is 3.55. The lowest BCUT2D eigenvalue weighted by molar-refractivity contribution is -0.119. The Labute approximate surface area is 158 Å². The largest absolute Gasteiger partial charge is 0.486 e. The van der Waals surface area contributed by atoms with Crippen molar-refractivity contribution in [3.8, 4) is 11.5 Å². The minimum atomic E-state index is -0.534. The number of hydrogen-bond donors (Lipinski definition) is 1. The molecule has 6 nitrogen and oxygen atoms in total. The van der Waals surface area contributed by atoms with Gasteiger partial charge in [-0.1, -0.05) is 32.9 Å². The van der Waals surface area contributed by atoms with Gasteiger partial charge in [-0.2, -0.15) is 0 Å². The maximum atomic E-state index is 12.1. The average Bonchev–Trinajstić information content (AvgIpc) is 2.65. The minimum absolute atomic E-state index is 0.00590. The van der Waals surface area contributed by atoms with Crippen molar-refractivity contribution < 1.29 is 23.8 Å². The Kier molecular flexibility index (Phi) is 5.35. The van der Waals surface area contributed by atoms with Gasteiger partial charge in [0.1, 0.15) is 13.2 Å². The molecule has 0 unspecified atom stereocenters. The summed E-state index contributed by atoms with van der Waals surface area (Å²) in [6, 6.07) is 12.3. The van der Waals surface area contributed by atoms with E-state index in [-0.39, 0.29) is 12.0 Å². The van der Waals surface area contributed by atoms with E-state index in [2.05, 4.69) is 26.1 Å². The first kappa shape index (κ1) is 18.8. The van der Waals surface area contributed by atoms with Gasteiger partial charge >= 0.3 is 5.97 Å². The molecule has 2 aromatic carbocycles. The second-order valence-electron chi connectivity index (χ2n) is 7.31. The van der Waals surface area contributed by atoms with E-state index in [4.69, 9.17) is 14.2 Å². The molecule has 0 spiro atoms. The first-order valence-corrected chi connectivity index (χ1v) is 8.80. The summed E-state index contributed by atoms with van der Waals surface area (Å²) in [5.41, 5.74) is 2.09. The van der Waals surface area contributed by atoms with Gasteiger partial charge in [0, 0.05) is 11.8 Å².